The van der Waals surface area contributed by atoms with Crippen LogP contribution in [0.1, 0.15) is 155 Å². The maximum absolute atomic E-state index is 12.6. The smallest absolute Gasteiger partial charge is 0.462 e. The number of quaternary nitrogens is 1. The molecule has 0 bridgehead atoms. The largest absolute Gasteiger partial charge is 0.472 e. The number of carbonyl (C=O) groups excluding carboxylic acids is 2. The molecule has 0 aliphatic rings. The molecule has 0 spiro atoms. The van der Waals surface area contributed by atoms with Gasteiger partial charge in [0.05, 0.1) is 27.7 Å². The summed E-state index contributed by atoms with van der Waals surface area (Å²) in [7, 11) is 1.43. The number of ether oxygens (including phenoxy) is 2. The van der Waals surface area contributed by atoms with Crippen molar-refractivity contribution in [1.82, 2.24) is 0 Å². The van der Waals surface area contributed by atoms with Crippen molar-refractivity contribution in [2.24, 2.45) is 0 Å². The van der Waals surface area contributed by atoms with E-state index in [1.165, 1.54) is 64.2 Å². The number of carbonyl (C=O) groups is 2. The Morgan fingerprint density at radius 3 is 1.56 bits per heavy atom. The molecule has 0 saturated carbocycles. The second kappa shape index (κ2) is 36.4. The zero-order valence-corrected chi connectivity index (χ0v) is 35.8. The molecule has 0 fully saturated rings. The lowest BCUT2D eigenvalue weighted by atomic mass is 10.0. The standard InChI is InChI=1S/C44H78NO8P/c1-6-8-10-12-14-16-18-20-21-22-23-25-27-29-31-33-35-37-44(47)53-42(41-52-54(48,49)51-39-38-45(3,4)5)40-50-43(46)36-34-32-30-28-26-24-19-17-15-13-11-9-7-2/h8,10,14,16,20-21,23,25,29,31,42H,6-7,9,11-13,15,17-19,22,24,26-28,30,32-41H2,1-5H3/p+1/b10-8-,16-14-,21-20-,25-23-,31-29-/t42-/m1/s1. The Hall–Kier alpha value is -2.29. The van der Waals surface area contributed by atoms with Gasteiger partial charge in [0.2, 0.25) is 0 Å². The lowest BCUT2D eigenvalue weighted by Gasteiger charge is -2.24. The summed E-state index contributed by atoms with van der Waals surface area (Å²) in [4.78, 5) is 35.3. The first kappa shape index (κ1) is 51.7. The predicted molar refractivity (Wildman–Crippen MR) is 224 cm³/mol. The SMILES string of the molecule is CC/C=C\C/C=C\C/C=C\C/C=C\C/C=C\CCCC(=O)O[C@H](COC(=O)CCCCCCCCCCCCCCC)COP(=O)(O)OCC[N+](C)(C)C. The third-order valence-corrected chi connectivity index (χ3v) is 9.55. The van der Waals surface area contributed by atoms with Gasteiger partial charge in [-0.1, -0.05) is 152 Å². The predicted octanol–water partition coefficient (Wildman–Crippen LogP) is 11.7. The molecule has 0 heterocycles. The van der Waals surface area contributed by atoms with Crippen LogP contribution in [0.25, 0.3) is 0 Å². The van der Waals surface area contributed by atoms with Gasteiger partial charge in [-0.3, -0.25) is 18.6 Å². The third kappa shape index (κ3) is 39.4. The van der Waals surface area contributed by atoms with E-state index in [4.69, 9.17) is 18.5 Å². The van der Waals surface area contributed by atoms with Crippen LogP contribution in [-0.2, 0) is 32.7 Å². The third-order valence-electron chi connectivity index (χ3n) is 8.56. The van der Waals surface area contributed by atoms with E-state index >= 15 is 0 Å². The minimum absolute atomic E-state index is 0.0195. The number of hydrogen-bond donors (Lipinski definition) is 1. The van der Waals surface area contributed by atoms with Gasteiger partial charge >= 0.3 is 19.8 Å². The van der Waals surface area contributed by atoms with Gasteiger partial charge in [0.15, 0.2) is 6.10 Å². The molecule has 0 aromatic rings. The fraction of sp³-hybridized carbons (Fsp3) is 0.727. The number of esters is 2. The summed E-state index contributed by atoms with van der Waals surface area (Å²) in [5.74, 6) is -0.869. The topological polar surface area (TPSA) is 108 Å². The maximum atomic E-state index is 12.6. The summed E-state index contributed by atoms with van der Waals surface area (Å²) in [5.41, 5.74) is 0. The molecule has 0 saturated heterocycles. The van der Waals surface area contributed by atoms with E-state index in [0.29, 0.717) is 23.9 Å². The van der Waals surface area contributed by atoms with Crippen LogP contribution in [0.3, 0.4) is 0 Å². The molecule has 312 valence electrons. The highest BCUT2D eigenvalue weighted by molar-refractivity contribution is 7.47. The Morgan fingerprint density at radius 1 is 0.593 bits per heavy atom. The van der Waals surface area contributed by atoms with Gasteiger partial charge in [-0.05, 0) is 51.4 Å². The van der Waals surface area contributed by atoms with Crippen molar-refractivity contribution >= 4 is 19.8 Å². The first-order valence-corrected chi connectivity index (χ1v) is 22.5. The van der Waals surface area contributed by atoms with Gasteiger partial charge in [0.1, 0.15) is 19.8 Å². The number of phosphoric acid groups is 1. The van der Waals surface area contributed by atoms with Crippen molar-refractivity contribution in [3.8, 4) is 0 Å². The highest BCUT2D eigenvalue weighted by atomic mass is 31.2. The molecule has 9 nitrogen and oxygen atoms in total. The van der Waals surface area contributed by atoms with E-state index in [9.17, 15) is 19.0 Å². The molecule has 0 aromatic carbocycles. The minimum Gasteiger partial charge on any atom is -0.462 e. The van der Waals surface area contributed by atoms with Gasteiger partial charge < -0.3 is 18.9 Å². The first-order chi connectivity index (χ1) is 26.0. The molecule has 0 aliphatic carbocycles. The number of hydrogen-bond acceptors (Lipinski definition) is 7. The van der Waals surface area contributed by atoms with Crippen LogP contribution in [0.5, 0.6) is 0 Å². The molecule has 0 amide bonds. The second-order valence-corrected chi connectivity index (χ2v) is 16.5. The van der Waals surface area contributed by atoms with E-state index in [-0.39, 0.29) is 32.0 Å². The van der Waals surface area contributed by atoms with E-state index in [0.717, 1.165) is 51.4 Å². The van der Waals surface area contributed by atoms with Crippen molar-refractivity contribution in [2.75, 3.05) is 47.5 Å². The number of nitrogens with zero attached hydrogens (tertiary/aromatic N) is 1. The molecule has 1 N–H and O–H groups in total. The van der Waals surface area contributed by atoms with E-state index in [2.05, 4.69) is 68.5 Å². The van der Waals surface area contributed by atoms with Crippen LogP contribution in [0, 0.1) is 0 Å². The van der Waals surface area contributed by atoms with Gasteiger partial charge in [0, 0.05) is 12.8 Å². The lowest BCUT2D eigenvalue weighted by molar-refractivity contribution is -0.870. The monoisotopic (exact) mass is 781 g/mol. The van der Waals surface area contributed by atoms with Crippen LogP contribution in [0.2, 0.25) is 0 Å². The van der Waals surface area contributed by atoms with Crippen LogP contribution in [-0.4, -0.2) is 74.9 Å². The molecular formula is C44H79NO8P+. The number of allylic oxidation sites excluding steroid dienone is 10. The summed E-state index contributed by atoms with van der Waals surface area (Å²) in [6, 6.07) is 0. The van der Waals surface area contributed by atoms with Crippen molar-refractivity contribution in [1.29, 1.82) is 0 Å². The van der Waals surface area contributed by atoms with E-state index < -0.39 is 26.5 Å². The van der Waals surface area contributed by atoms with Crippen molar-refractivity contribution < 1.29 is 42.1 Å². The van der Waals surface area contributed by atoms with Crippen LogP contribution >= 0.6 is 7.82 Å². The molecule has 0 radical (unpaired) electrons. The van der Waals surface area contributed by atoms with Gasteiger partial charge in [0.25, 0.3) is 0 Å². The molecular weight excluding hydrogens is 701 g/mol. The van der Waals surface area contributed by atoms with Crippen molar-refractivity contribution in [3.63, 3.8) is 0 Å². The highest BCUT2D eigenvalue weighted by Crippen LogP contribution is 2.43. The van der Waals surface area contributed by atoms with Gasteiger partial charge in [-0.15, -0.1) is 0 Å². The summed E-state index contributed by atoms with van der Waals surface area (Å²) < 4.78 is 34.2. The first-order valence-electron chi connectivity index (χ1n) is 21.0. The molecule has 0 aliphatic heterocycles. The molecule has 2 atom stereocenters. The Balaban J connectivity index is 4.50. The van der Waals surface area contributed by atoms with Gasteiger partial charge in [-0.2, -0.15) is 0 Å². The number of rotatable bonds is 37. The van der Waals surface area contributed by atoms with E-state index in [1.807, 2.05) is 27.2 Å². The quantitative estimate of drug-likeness (QED) is 0.0218. The Labute approximate surface area is 330 Å². The summed E-state index contributed by atoms with van der Waals surface area (Å²) in [5, 5.41) is 0. The molecule has 54 heavy (non-hydrogen) atoms. The summed E-state index contributed by atoms with van der Waals surface area (Å²) in [6.45, 7) is 4.23. The fourth-order valence-electron chi connectivity index (χ4n) is 5.28. The lowest BCUT2D eigenvalue weighted by Crippen LogP contribution is -2.37. The Kier molecular flexibility index (Phi) is 34.8. The molecule has 0 rings (SSSR count). The average Bonchev–Trinajstić information content (AvgIpc) is 3.12. The maximum Gasteiger partial charge on any atom is 0.472 e. The second-order valence-electron chi connectivity index (χ2n) is 15.0. The van der Waals surface area contributed by atoms with Crippen LogP contribution in [0.15, 0.2) is 60.8 Å². The van der Waals surface area contributed by atoms with Crippen molar-refractivity contribution in [2.45, 2.75) is 161 Å². The summed E-state index contributed by atoms with van der Waals surface area (Å²) >= 11 is 0. The van der Waals surface area contributed by atoms with Crippen LogP contribution in [0.4, 0.5) is 0 Å². The highest BCUT2D eigenvalue weighted by Gasteiger charge is 2.27. The summed E-state index contributed by atoms with van der Waals surface area (Å²) in [6.07, 6.45) is 42.7. The average molecular weight is 781 g/mol. The van der Waals surface area contributed by atoms with Gasteiger partial charge in [-0.25, -0.2) is 4.57 Å². The number of unbranched alkanes of at least 4 members (excludes halogenated alkanes) is 13. The van der Waals surface area contributed by atoms with E-state index in [1.54, 1.807) is 0 Å². The normalized spacial score (nSPS) is 14.3. The Bertz CT molecular complexity index is 1110. The fourth-order valence-corrected chi connectivity index (χ4v) is 6.03. The Morgan fingerprint density at radius 2 is 1.06 bits per heavy atom. The molecule has 1 unspecified atom stereocenters. The number of likely N-dealkylation sites (N-methyl/N-ethyl adjacent to an activating group) is 1. The van der Waals surface area contributed by atoms with Crippen molar-refractivity contribution in [3.05, 3.63) is 60.8 Å². The zero-order chi connectivity index (χ0) is 40.0. The number of phosphoric ester groups is 1. The molecule has 10 heteroatoms. The molecule has 0 aromatic heterocycles. The zero-order valence-electron chi connectivity index (χ0n) is 34.9. The minimum atomic E-state index is -4.39. The van der Waals surface area contributed by atoms with Crippen LogP contribution < -0.4 is 0 Å².